The number of imidazole rings is 1. The number of nitrogens with zero attached hydrogens (tertiary/aromatic N) is 5. The van der Waals surface area contributed by atoms with Crippen molar-refractivity contribution in [1.29, 1.82) is 0 Å². The molecule has 0 aliphatic carbocycles. The number of halogens is 1. The van der Waals surface area contributed by atoms with Crippen LogP contribution in [0.1, 0.15) is 5.56 Å². The second-order valence-corrected chi connectivity index (χ2v) is 7.32. The number of rotatable bonds is 5. The molecule has 0 fully saturated rings. The first-order valence-electron chi connectivity index (χ1n) is 8.06. The maximum Gasteiger partial charge on any atom is 0.227 e. The summed E-state index contributed by atoms with van der Waals surface area (Å²) in [6.45, 7) is 0.826. The van der Waals surface area contributed by atoms with Gasteiger partial charge in [-0.05, 0) is 31.8 Å². The van der Waals surface area contributed by atoms with Gasteiger partial charge in [-0.15, -0.1) is 11.3 Å². The van der Waals surface area contributed by atoms with E-state index in [0.717, 1.165) is 28.6 Å². The van der Waals surface area contributed by atoms with Crippen molar-refractivity contribution in [1.82, 2.24) is 24.3 Å². The summed E-state index contributed by atoms with van der Waals surface area (Å²) < 4.78 is 1.94. The lowest BCUT2D eigenvalue weighted by Gasteiger charge is -2.15. The van der Waals surface area contributed by atoms with Gasteiger partial charge >= 0.3 is 0 Å². The minimum atomic E-state index is 0.439. The predicted octanol–water partition coefficient (Wildman–Crippen LogP) is 4.31. The zero-order valence-electron chi connectivity index (χ0n) is 14.3. The molecular formula is C18H17ClN6S. The largest absolute Gasteiger partial charge is 0.324 e. The fraction of sp³-hybridized carbons (Fsp3) is 0.167. The van der Waals surface area contributed by atoms with E-state index in [9.17, 15) is 0 Å². The Morgan fingerprint density at radius 2 is 2.04 bits per heavy atom. The van der Waals surface area contributed by atoms with Crippen LogP contribution in [0.3, 0.4) is 0 Å². The molecule has 26 heavy (non-hydrogen) atoms. The van der Waals surface area contributed by atoms with E-state index < -0.39 is 0 Å². The van der Waals surface area contributed by atoms with Gasteiger partial charge in [-0.3, -0.25) is 4.40 Å². The quantitative estimate of drug-likeness (QED) is 0.555. The summed E-state index contributed by atoms with van der Waals surface area (Å²) in [5.41, 5.74) is 3.66. The average molecular weight is 385 g/mol. The third-order valence-electron chi connectivity index (χ3n) is 3.87. The lowest BCUT2D eigenvalue weighted by atomic mass is 10.1. The second-order valence-electron chi connectivity index (χ2n) is 6.09. The van der Waals surface area contributed by atoms with Gasteiger partial charge in [-0.2, -0.15) is 0 Å². The monoisotopic (exact) mass is 384 g/mol. The number of hydrogen-bond acceptors (Lipinski definition) is 6. The summed E-state index contributed by atoms with van der Waals surface area (Å²) in [6, 6.07) is 9.98. The molecule has 3 heterocycles. The highest BCUT2D eigenvalue weighted by Crippen LogP contribution is 2.30. The minimum absolute atomic E-state index is 0.439. The first-order chi connectivity index (χ1) is 12.6. The first kappa shape index (κ1) is 17.0. The Morgan fingerprint density at radius 1 is 1.19 bits per heavy atom. The Balaban J connectivity index is 1.69. The van der Waals surface area contributed by atoms with Crippen molar-refractivity contribution in [3.05, 3.63) is 58.8 Å². The Hall–Kier alpha value is -2.48. The molecule has 1 aromatic carbocycles. The molecule has 3 aromatic heterocycles. The fourth-order valence-electron chi connectivity index (χ4n) is 2.78. The van der Waals surface area contributed by atoms with E-state index in [1.165, 1.54) is 16.9 Å². The molecule has 8 heteroatoms. The van der Waals surface area contributed by atoms with Gasteiger partial charge in [0.05, 0.1) is 5.69 Å². The molecule has 0 saturated carbocycles. The smallest absolute Gasteiger partial charge is 0.227 e. The summed E-state index contributed by atoms with van der Waals surface area (Å²) >= 11 is 7.86. The highest BCUT2D eigenvalue weighted by atomic mass is 35.5. The van der Waals surface area contributed by atoms with E-state index >= 15 is 0 Å². The van der Waals surface area contributed by atoms with Gasteiger partial charge in [0, 0.05) is 30.0 Å². The van der Waals surface area contributed by atoms with Crippen LogP contribution in [0, 0.1) is 0 Å². The average Bonchev–Trinajstić information content (AvgIpc) is 3.16. The summed E-state index contributed by atoms with van der Waals surface area (Å²) in [5.74, 6) is 0.523. The number of anilines is 2. The number of nitrogens with one attached hydrogen (secondary N) is 1. The van der Waals surface area contributed by atoms with Gasteiger partial charge in [0.25, 0.3) is 0 Å². The van der Waals surface area contributed by atoms with Crippen molar-refractivity contribution in [2.24, 2.45) is 0 Å². The lowest BCUT2D eigenvalue weighted by molar-refractivity contribution is 0.403. The molecule has 0 atom stereocenters. The normalized spacial score (nSPS) is 11.4. The fourth-order valence-corrected chi connectivity index (χ4v) is 3.81. The maximum absolute atomic E-state index is 6.33. The second kappa shape index (κ2) is 7.03. The number of fused-ring (bicyclic) bond motifs is 1. The Labute approximate surface area is 160 Å². The molecule has 0 aliphatic rings. The van der Waals surface area contributed by atoms with Gasteiger partial charge in [-0.25, -0.2) is 15.0 Å². The van der Waals surface area contributed by atoms with Crippen LogP contribution in [-0.2, 0) is 6.54 Å². The zero-order valence-corrected chi connectivity index (χ0v) is 15.9. The standard InChI is InChI=1S/C18H17ClN6S/c1-24(2)11-12-5-3-4-6-13(12)21-17-20-8-7-14(22-17)15-16(19)23-18-25(15)9-10-26-18/h3-10H,11H2,1-2H3,(H,20,21,22). The van der Waals surface area contributed by atoms with Crippen LogP contribution in [0.2, 0.25) is 5.15 Å². The molecule has 0 spiro atoms. The molecule has 6 nitrogen and oxygen atoms in total. The van der Waals surface area contributed by atoms with Crippen molar-refractivity contribution >= 4 is 39.5 Å². The topological polar surface area (TPSA) is 58.3 Å². The number of thiazole rings is 1. The van der Waals surface area contributed by atoms with Crippen molar-refractivity contribution < 1.29 is 0 Å². The molecule has 0 aliphatic heterocycles. The van der Waals surface area contributed by atoms with Crippen molar-refractivity contribution in [2.45, 2.75) is 6.54 Å². The molecular weight excluding hydrogens is 368 g/mol. The van der Waals surface area contributed by atoms with Crippen LogP contribution >= 0.6 is 22.9 Å². The van der Waals surface area contributed by atoms with E-state index in [0.29, 0.717) is 11.1 Å². The minimum Gasteiger partial charge on any atom is -0.324 e. The van der Waals surface area contributed by atoms with Crippen molar-refractivity contribution in [2.75, 3.05) is 19.4 Å². The molecule has 0 amide bonds. The van der Waals surface area contributed by atoms with E-state index in [1.807, 2.05) is 54.3 Å². The van der Waals surface area contributed by atoms with Crippen LogP contribution in [-0.4, -0.2) is 38.3 Å². The van der Waals surface area contributed by atoms with E-state index in [2.05, 4.69) is 31.2 Å². The summed E-state index contributed by atoms with van der Waals surface area (Å²) in [7, 11) is 4.09. The molecule has 132 valence electrons. The molecule has 0 bridgehead atoms. The summed E-state index contributed by atoms with van der Waals surface area (Å²) in [6.07, 6.45) is 3.66. The number of para-hydroxylation sites is 1. The van der Waals surface area contributed by atoms with Crippen LogP contribution in [0.25, 0.3) is 16.3 Å². The summed E-state index contributed by atoms with van der Waals surface area (Å²) in [4.78, 5) is 16.3. The SMILES string of the molecule is CN(C)Cc1ccccc1Nc1nccc(-c2c(Cl)nc3sccn23)n1. The van der Waals surface area contributed by atoms with Crippen molar-refractivity contribution in [3.8, 4) is 11.4 Å². The highest BCUT2D eigenvalue weighted by molar-refractivity contribution is 7.15. The van der Waals surface area contributed by atoms with E-state index in [4.69, 9.17) is 11.6 Å². The van der Waals surface area contributed by atoms with Gasteiger partial charge < -0.3 is 10.2 Å². The van der Waals surface area contributed by atoms with Gasteiger partial charge in [0.15, 0.2) is 10.1 Å². The Morgan fingerprint density at radius 3 is 2.88 bits per heavy atom. The van der Waals surface area contributed by atoms with Crippen LogP contribution < -0.4 is 5.32 Å². The van der Waals surface area contributed by atoms with E-state index in [-0.39, 0.29) is 0 Å². The number of hydrogen-bond donors (Lipinski definition) is 1. The number of benzene rings is 1. The molecule has 0 unspecified atom stereocenters. The van der Waals surface area contributed by atoms with E-state index in [1.54, 1.807) is 6.20 Å². The molecule has 0 saturated heterocycles. The molecule has 1 N–H and O–H groups in total. The lowest BCUT2D eigenvalue weighted by Crippen LogP contribution is -2.12. The zero-order chi connectivity index (χ0) is 18.1. The van der Waals surface area contributed by atoms with Gasteiger partial charge in [-0.1, -0.05) is 29.8 Å². The van der Waals surface area contributed by atoms with Crippen LogP contribution in [0.5, 0.6) is 0 Å². The number of aromatic nitrogens is 4. The van der Waals surface area contributed by atoms with Crippen LogP contribution in [0.15, 0.2) is 48.1 Å². The van der Waals surface area contributed by atoms with Gasteiger partial charge in [0.1, 0.15) is 5.69 Å². The molecule has 4 rings (SSSR count). The van der Waals surface area contributed by atoms with Gasteiger partial charge in [0.2, 0.25) is 5.95 Å². The van der Waals surface area contributed by atoms with Crippen LogP contribution in [0.4, 0.5) is 11.6 Å². The third-order valence-corrected chi connectivity index (χ3v) is 4.89. The maximum atomic E-state index is 6.33. The molecule has 0 radical (unpaired) electrons. The summed E-state index contributed by atoms with van der Waals surface area (Å²) in [5, 5.41) is 5.73. The first-order valence-corrected chi connectivity index (χ1v) is 9.31. The Bertz CT molecular complexity index is 1050. The predicted molar refractivity (Wildman–Crippen MR) is 106 cm³/mol. The third kappa shape index (κ3) is 3.29. The Kier molecular flexibility index (Phi) is 4.58. The van der Waals surface area contributed by atoms with Crippen molar-refractivity contribution in [3.63, 3.8) is 0 Å². The molecule has 4 aromatic rings. The highest BCUT2D eigenvalue weighted by Gasteiger charge is 2.15.